The predicted molar refractivity (Wildman–Crippen MR) is 120 cm³/mol. The minimum atomic E-state index is -3.64. The Bertz CT molecular complexity index is 1100. The SMILES string of the molecule is Cc1nc(S(=O)(=O)N2CCc3c(ncnc3NCC34CC5CC(CC(C5)C3)C4)C2)cn1C. The average Bonchev–Trinajstić information content (AvgIpc) is 3.10. The summed E-state index contributed by atoms with van der Waals surface area (Å²) in [6, 6.07) is 0. The minimum absolute atomic E-state index is 0.107. The van der Waals surface area contributed by atoms with E-state index in [1.54, 1.807) is 24.0 Å². The number of aryl methyl sites for hydroxylation is 2. The van der Waals surface area contributed by atoms with Gasteiger partial charge in [-0.3, -0.25) is 0 Å². The topological polar surface area (TPSA) is 93.0 Å². The molecule has 2 aromatic heterocycles. The van der Waals surface area contributed by atoms with E-state index in [-0.39, 0.29) is 11.6 Å². The van der Waals surface area contributed by atoms with Gasteiger partial charge >= 0.3 is 0 Å². The largest absolute Gasteiger partial charge is 0.369 e. The van der Waals surface area contributed by atoms with Crippen LogP contribution in [0.5, 0.6) is 0 Å². The van der Waals surface area contributed by atoms with Crippen molar-refractivity contribution >= 4 is 15.8 Å². The van der Waals surface area contributed by atoms with Crippen LogP contribution in [0.4, 0.5) is 5.82 Å². The van der Waals surface area contributed by atoms with E-state index in [1.165, 1.54) is 42.8 Å². The fourth-order valence-corrected chi connectivity index (χ4v) is 8.68. The Kier molecular flexibility index (Phi) is 4.67. The Labute approximate surface area is 189 Å². The van der Waals surface area contributed by atoms with Crippen molar-refractivity contribution < 1.29 is 8.42 Å². The summed E-state index contributed by atoms with van der Waals surface area (Å²) in [5, 5.41) is 3.80. The predicted octanol–water partition coefficient (Wildman–Crippen LogP) is 2.89. The standard InChI is InChI=1S/C23H32N6O2S/c1-15-27-21(12-28(15)2)32(30,31)29-4-3-19-20(11-29)25-14-26-22(19)24-13-23-8-16-5-17(9-23)7-18(6-16)10-23/h12,14,16-18H,3-11,13H2,1-2H3,(H,24,25,26). The zero-order chi connectivity index (χ0) is 22.1. The second-order valence-corrected chi connectivity index (χ2v) is 12.6. The number of hydrogen-bond donors (Lipinski definition) is 1. The van der Waals surface area contributed by atoms with Gasteiger partial charge in [-0.15, -0.1) is 0 Å². The van der Waals surface area contributed by atoms with E-state index in [1.807, 2.05) is 7.05 Å². The summed E-state index contributed by atoms with van der Waals surface area (Å²) in [6.07, 6.45) is 12.2. The molecule has 172 valence electrons. The van der Waals surface area contributed by atoms with Crippen molar-refractivity contribution in [1.29, 1.82) is 0 Å². The number of nitrogens with zero attached hydrogens (tertiary/aromatic N) is 5. The van der Waals surface area contributed by atoms with Gasteiger partial charge in [0.2, 0.25) is 0 Å². The Morgan fingerprint density at radius 3 is 2.44 bits per heavy atom. The molecule has 0 spiro atoms. The van der Waals surface area contributed by atoms with E-state index < -0.39 is 10.0 Å². The number of hydrogen-bond acceptors (Lipinski definition) is 6. The first-order chi connectivity index (χ1) is 15.3. The Morgan fingerprint density at radius 2 is 1.81 bits per heavy atom. The minimum Gasteiger partial charge on any atom is -0.369 e. The van der Waals surface area contributed by atoms with E-state index in [9.17, 15) is 8.42 Å². The van der Waals surface area contributed by atoms with Gasteiger partial charge in [-0.2, -0.15) is 4.31 Å². The first-order valence-electron chi connectivity index (χ1n) is 11.9. The molecular formula is C23H32N6O2S. The maximum Gasteiger partial charge on any atom is 0.262 e. The van der Waals surface area contributed by atoms with Crippen LogP contribution in [-0.2, 0) is 30.0 Å². The summed E-state index contributed by atoms with van der Waals surface area (Å²) in [5.41, 5.74) is 2.30. The van der Waals surface area contributed by atoms with Crippen molar-refractivity contribution in [1.82, 2.24) is 23.8 Å². The van der Waals surface area contributed by atoms with Crippen LogP contribution in [-0.4, -0.2) is 45.3 Å². The van der Waals surface area contributed by atoms with Crippen LogP contribution < -0.4 is 5.32 Å². The van der Waals surface area contributed by atoms with Crippen LogP contribution in [0.15, 0.2) is 17.6 Å². The molecule has 5 aliphatic rings. The molecule has 4 aliphatic carbocycles. The molecule has 32 heavy (non-hydrogen) atoms. The van der Waals surface area contributed by atoms with Crippen molar-refractivity contribution in [3.8, 4) is 0 Å². The van der Waals surface area contributed by atoms with Crippen LogP contribution in [0.2, 0.25) is 0 Å². The first kappa shape index (κ1) is 20.6. The molecule has 9 heteroatoms. The fraction of sp³-hybridized carbons (Fsp3) is 0.696. The van der Waals surface area contributed by atoms with Gasteiger partial charge in [0.1, 0.15) is 18.0 Å². The van der Waals surface area contributed by atoms with Gasteiger partial charge in [0.15, 0.2) is 5.03 Å². The summed E-state index contributed by atoms with van der Waals surface area (Å²) in [6.45, 7) is 3.47. The molecular weight excluding hydrogens is 424 g/mol. The molecule has 3 heterocycles. The number of nitrogens with one attached hydrogen (secondary N) is 1. The van der Waals surface area contributed by atoms with Crippen molar-refractivity contribution in [3.05, 3.63) is 29.6 Å². The Balaban J connectivity index is 1.20. The van der Waals surface area contributed by atoms with Gasteiger partial charge in [-0.25, -0.2) is 23.4 Å². The summed E-state index contributed by atoms with van der Waals surface area (Å²) < 4.78 is 29.5. The summed E-state index contributed by atoms with van der Waals surface area (Å²) >= 11 is 0. The molecule has 4 fully saturated rings. The highest BCUT2D eigenvalue weighted by Gasteiger charge is 2.50. The summed E-state index contributed by atoms with van der Waals surface area (Å²) in [7, 11) is -1.83. The Hall–Kier alpha value is -2.00. The first-order valence-corrected chi connectivity index (χ1v) is 13.3. The smallest absolute Gasteiger partial charge is 0.262 e. The lowest BCUT2D eigenvalue weighted by molar-refractivity contribution is -0.0444. The molecule has 0 saturated heterocycles. The van der Waals surface area contributed by atoms with E-state index in [4.69, 9.17) is 0 Å². The van der Waals surface area contributed by atoms with E-state index in [0.717, 1.165) is 41.4 Å². The maximum absolute atomic E-state index is 13.1. The zero-order valence-corrected chi connectivity index (χ0v) is 19.7. The number of rotatable bonds is 5. The third-order valence-corrected chi connectivity index (χ3v) is 10.2. The van der Waals surface area contributed by atoms with Gasteiger partial charge in [0.25, 0.3) is 10.0 Å². The van der Waals surface area contributed by atoms with Gasteiger partial charge in [-0.05, 0) is 75.0 Å². The van der Waals surface area contributed by atoms with Gasteiger partial charge < -0.3 is 9.88 Å². The highest BCUT2D eigenvalue weighted by atomic mass is 32.2. The molecule has 2 aromatic rings. The van der Waals surface area contributed by atoms with Crippen LogP contribution in [0.25, 0.3) is 0 Å². The van der Waals surface area contributed by atoms with E-state index >= 15 is 0 Å². The van der Waals surface area contributed by atoms with Crippen molar-refractivity contribution in [2.75, 3.05) is 18.4 Å². The Morgan fingerprint density at radius 1 is 1.12 bits per heavy atom. The molecule has 4 saturated carbocycles. The molecule has 8 nitrogen and oxygen atoms in total. The van der Waals surface area contributed by atoms with Crippen molar-refractivity contribution in [3.63, 3.8) is 0 Å². The molecule has 0 aromatic carbocycles. The second kappa shape index (κ2) is 7.25. The van der Waals surface area contributed by atoms with Crippen LogP contribution >= 0.6 is 0 Å². The fourth-order valence-electron chi connectivity index (χ4n) is 7.25. The van der Waals surface area contributed by atoms with Crippen LogP contribution in [0.3, 0.4) is 0 Å². The lowest BCUT2D eigenvalue weighted by Gasteiger charge is -2.57. The quantitative estimate of drug-likeness (QED) is 0.744. The lowest BCUT2D eigenvalue weighted by Crippen LogP contribution is -2.49. The maximum atomic E-state index is 13.1. The van der Waals surface area contributed by atoms with Crippen LogP contribution in [0.1, 0.15) is 55.6 Å². The van der Waals surface area contributed by atoms with Gasteiger partial charge in [0.05, 0.1) is 12.2 Å². The van der Waals surface area contributed by atoms with E-state index in [2.05, 4.69) is 20.3 Å². The molecule has 0 atom stereocenters. The number of anilines is 1. The summed E-state index contributed by atoms with van der Waals surface area (Å²) in [4.78, 5) is 13.3. The van der Waals surface area contributed by atoms with Crippen molar-refractivity contribution in [2.45, 2.75) is 63.4 Å². The third kappa shape index (κ3) is 3.36. The molecule has 0 unspecified atom stereocenters. The van der Waals surface area contributed by atoms with Gasteiger partial charge in [-0.1, -0.05) is 0 Å². The molecule has 4 bridgehead atoms. The second-order valence-electron chi connectivity index (χ2n) is 10.7. The molecule has 1 aliphatic heterocycles. The molecule has 0 amide bonds. The monoisotopic (exact) mass is 456 g/mol. The normalized spacial score (nSPS) is 31.6. The molecule has 1 N–H and O–H groups in total. The number of imidazole rings is 1. The lowest BCUT2D eigenvalue weighted by atomic mass is 9.49. The number of fused-ring (bicyclic) bond motifs is 1. The number of aromatic nitrogens is 4. The van der Waals surface area contributed by atoms with Crippen LogP contribution in [0, 0.1) is 30.1 Å². The highest BCUT2D eigenvalue weighted by molar-refractivity contribution is 7.89. The summed E-state index contributed by atoms with van der Waals surface area (Å²) in [5.74, 6) is 4.36. The van der Waals surface area contributed by atoms with Crippen molar-refractivity contribution in [2.24, 2.45) is 30.2 Å². The zero-order valence-electron chi connectivity index (χ0n) is 18.9. The molecule has 7 rings (SSSR count). The highest BCUT2D eigenvalue weighted by Crippen LogP contribution is 2.59. The van der Waals surface area contributed by atoms with Gasteiger partial charge in [0, 0.05) is 31.9 Å². The average molecular weight is 457 g/mol. The van der Waals surface area contributed by atoms with E-state index in [0.29, 0.717) is 24.2 Å². The molecule has 0 radical (unpaired) electrons. The number of sulfonamides is 1. The third-order valence-electron chi connectivity index (χ3n) is 8.46.